The molecule has 0 amide bonds. The number of hydrogen-bond acceptors (Lipinski definition) is 1. The molecule has 1 N–H and O–H groups in total. The van der Waals surface area contributed by atoms with Gasteiger partial charge in [0.25, 0.3) is 0 Å². The summed E-state index contributed by atoms with van der Waals surface area (Å²) in [4.78, 5) is 0. The van der Waals surface area contributed by atoms with Gasteiger partial charge in [-0.3, -0.25) is 0 Å². The Balaban J connectivity index is 2.76. The summed E-state index contributed by atoms with van der Waals surface area (Å²) in [5.74, 6) is 0. The molecule has 0 heterocycles. The van der Waals surface area contributed by atoms with E-state index in [-0.39, 0.29) is 5.41 Å². The second-order valence-electron chi connectivity index (χ2n) is 6.11. The topological polar surface area (TPSA) is 12.0 Å². The van der Waals surface area contributed by atoms with Crippen molar-refractivity contribution in [2.45, 2.75) is 20.8 Å². The van der Waals surface area contributed by atoms with Crippen molar-refractivity contribution in [1.82, 2.24) is 0 Å². The molecule has 1 aromatic rings. The zero-order valence-corrected chi connectivity index (χ0v) is 18.0. The van der Waals surface area contributed by atoms with Crippen LogP contribution in [0.2, 0.25) is 0 Å². The van der Waals surface area contributed by atoms with Crippen molar-refractivity contribution in [3.8, 4) is 0 Å². The Hall–Kier alpha value is -1.10. The quantitative estimate of drug-likeness (QED) is 0.474. The summed E-state index contributed by atoms with van der Waals surface area (Å²) in [5, 5.41) is 3.12. The van der Waals surface area contributed by atoms with Gasteiger partial charge in [0, 0.05) is 0 Å². The minimum atomic E-state index is 0.133. The van der Waals surface area contributed by atoms with E-state index in [2.05, 4.69) is 81.7 Å². The van der Waals surface area contributed by atoms with Gasteiger partial charge in [0.2, 0.25) is 0 Å². The monoisotopic (exact) mass is 471 g/mol. The van der Waals surface area contributed by atoms with Crippen LogP contribution in [0, 0.1) is 5.41 Å². The Bertz CT molecular complexity index is 569. The van der Waals surface area contributed by atoms with Crippen molar-refractivity contribution >= 4 is 37.5 Å². The Kier molecular flexibility index (Phi) is 6.65. The van der Waals surface area contributed by atoms with Gasteiger partial charge < -0.3 is 0 Å². The van der Waals surface area contributed by atoms with Crippen LogP contribution < -0.4 is 5.32 Å². The van der Waals surface area contributed by atoms with Crippen LogP contribution in [0.4, 0.5) is 5.69 Å². The number of hydrogen-bond donors (Lipinski definition) is 1. The van der Waals surface area contributed by atoms with Crippen molar-refractivity contribution in [2.24, 2.45) is 5.41 Å². The van der Waals surface area contributed by atoms with Crippen LogP contribution in [0.25, 0.3) is 6.08 Å². The first-order valence-corrected chi connectivity index (χ1v) is 9.30. The fourth-order valence-corrected chi connectivity index (χ4v) is 4.25. The molecule has 0 radical (unpaired) electrons. The summed E-state index contributed by atoms with van der Waals surface area (Å²) in [5.41, 5.74) is 4.68. The summed E-state index contributed by atoms with van der Waals surface area (Å²) in [6.45, 7) is 14.9. The van der Waals surface area contributed by atoms with Crippen molar-refractivity contribution < 1.29 is 0 Å². The average Bonchev–Trinajstić information content (AvgIpc) is 2.43. The van der Waals surface area contributed by atoms with E-state index in [4.69, 9.17) is 0 Å². The van der Waals surface area contributed by atoms with Crippen LogP contribution in [0.1, 0.15) is 26.3 Å². The molecule has 0 bridgehead atoms. The molecule has 0 atom stereocenters. The molecule has 1 aromatic carbocycles. The average molecular weight is 471 g/mol. The number of rotatable bonds is 5. The molecule has 0 aliphatic heterocycles. The Morgan fingerprint density at radius 2 is 1.71 bits per heavy atom. The van der Waals surface area contributed by atoms with Crippen molar-refractivity contribution in [2.75, 3.05) is 12.4 Å². The predicted octanol–water partition coefficient (Wildman–Crippen LogP) is 4.95. The van der Waals surface area contributed by atoms with Gasteiger partial charge in [-0.15, -0.1) is 0 Å². The normalized spacial score (nSPS) is 12.4. The molecule has 1 rings (SSSR count). The second-order valence-corrected chi connectivity index (χ2v) is 8.53. The van der Waals surface area contributed by atoms with E-state index >= 15 is 0 Å². The second kappa shape index (κ2) is 7.78. The van der Waals surface area contributed by atoms with E-state index in [0.29, 0.717) is 0 Å². The summed E-state index contributed by atoms with van der Waals surface area (Å²) in [6.07, 6.45) is 6.32. The van der Waals surface area contributed by atoms with Crippen molar-refractivity contribution in [1.29, 1.82) is 0 Å². The van der Waals surface area contributed by atoms with Gasteiger partial charge in [-0.2, -0.15) is 0 Å². The molecule has 108 valence electrons. The molecule has 0 aliphatic carbocycles. The van der Waals surface area contributed by atoms with Crippen LogP contribution in [-0.4, -0.2) is 32.8 Å². The van der Waals surface area contributed by atoms with Crippen LogP contribution >= 0.6 is 0 Å². The van der Waals surface area contributed by atoms with Gasteiger partial charge in [0.05, 0.1) is 0 Å². The Morgan fingerprint density at radius 3 is 2.19 bits per heavy atom. The van der Waals surface area contributed by atoms with Crippen molar-refractivity contribution in [3.63, 3.8) is 0 Å². The molecule has 0 aliphatic rings. The molecule has 0 saturated heterocycles. The molecule has 0 unspecified atom stereocenters. The zero-order chi connectivity index (χ0) is 16.0. The van der Waals surface area contributed by atoms with Gasteiger partial charge in [0.15, 0.2) is 0 Å². The van der Waals surface area contributed by atoms with Gasteiger partial charge in [-0.1, -0.05) is 0 Å². The van der Waals surface area contributed by atoms with Crippen LogP contribution in [0.15, 0.2) is 63.9 Å². The predicted molar refractivity (Wildman–Crippen MR) is 96.6 cm³/mol. The van der Waals surface area contributed by atoms with E-state index in [1.807, 2.05) is 7.05 Å². The van der Waals surface area contributed by atoms with Gasteiger partial charge in [-0.05, 0) is 0 Å². The third-order valence-corrected chi connectivity index (χ3v) is 5.29. The maximum atomic E-state index is 4.22. The van der Waals surface area contributed by atoms with Gasteiger partial charge >= 0.3 is 145 Å². The first kappa shape index (κ1) is 18.0. The molecule has 21 heavy (non-hydrogen) atoms. The Labute approximate surface area is 145 Å². The Morgan fingerprint density at radius 1 is 1.14 bits per heavy atom. The van der Waals surface area contributed by atoms with Crippen LogP contribution in [0.5, 0.6) is 0 Å². The summed E-state index contributed by atoms with van der Waals surface area (Å²) < 4.78 is 1.35. The van der Waals surface area contributed by atoms with Crippen LogP contribution in [-0.2, 0) is 0 Å². The molecule has 2 heteroatoms. The summed E-state index contributed by atoms with van der Waals surface area (Å²) >= 11 is 0.766. The van der Waals surface area contributed by atoms with E-state index in [1.54, 1.807) is 0 Å². The van der Waals surface area contributed by atoms with E-state index < -0.39 is 0 Å². The van der Waals surface area contributed by atoms with Crippen molar-refractivity contribution in [3.05, 3.63) is 69.4 Å². The van der Waals surface area contributed by atoms with Gasteiger partial charge in [0.1, 0.15) is 0 Å². The molecule has 0 spiro atoms. The number of allylic oxidation sites excluding steroid dienone is 5. The maximum absolute atomic E-state index is 4.22. The molecule has 0 fully saturated rings. The third-order valence-electron chi connectivity index (χ3n) is 3.28. The van der Waals surface area contributed by atoms with E-state index in [9.17, 15) is 0 Å². The summed E-state index contributed by atoms with van der Waals surface area (Å²) in [7, 11) is 1.92. The number of benzene rings is 1. The van der Waals surface area contributed by atoms with E-state index in [0.717, 1.165) is 37.0 Å². The first-order valence-electron chi connectivity index (χ1n) is 7.06. The molecular weight excluding hydrogens is 447 g/mol. The SMILES string of the molecule is C=C(/C=C/c1ccc(NC)cc1)/C=[C](/[Tl])C(=C)C(C)(C)C. The fraction of sp³-hybridized carbons (Fsp3) is 0.263. The minimum absolute atomic E-state index is 0.133. The summed E-state index contributed by atoms with van der Waals surface area (Å²) in [6, 6.07) is 8.33. The molecular formula is C19H24NTl. The zero-order valence-electron chi connectivity index (χ0n) is 13.5. The van der Waals surface area contributed by atoms with E-state index in [1.165, 1.54) is 14.3 Å². The molecule has 0 aromatic heterocycles. The fourth-order valence-electron chi connectivity index (χ4n) is 1.73. The standard InChI is InChI=1S/C19H24N.Tl/c1-15(7-9-16(2)19(3,4)5)8-10-17-11-13-18(20-6)14-12-17;/h7-8,10-14,20H,1-2H2,3-6H3;/b9-7?,10-8+;. The van der Waals surface area contributed by atoms with Gasteiger partial charge in [-0.25, -0.2) is 0 Å². The molecule has 0 saturated carbocycles. The molecule has 1 nitrogen and oxygen atoms in total. The first-order chi connectivity index (χ1) is 9.74. The van der Waals surface area contributed by atoms with Crippen LogP contribution in [0.3, 0.4) is 0 Å². The number of anilines is 1. The number of nitrogens with one attached hydrogen (secondary N) is 1. The third kappa shape index (κ3) is 6.04.